The summed E-state index contributed by atoms with van der Waals surface area (Å²) in [6, 6.07) is 5.93. The smallest absolute Gasteiger partial charge is 0.368 e. The number of alkyl halides is 3. The van der Waals surface area contributed by atoms with Gasteiger partial charge in [0.25, 0.3) is 0 Å². The normalized spacial score (nSPS) is 12.3. The van der Waals surface area contributed by atoms with Gasteiger partial charge >= 0.3 is 6.18 Å². The summed E-state index contributed by atoms with van der Waals surface area (Å²) >= 11 is 1.17. The third-order valence-electron chi connectivity index (χ3n) is 3.59. The van der Waals surface area contributed by atoms with Crippen LogP contribution in [0.4, 0.5) is 19.1 Å². The molecule has 0 atom stereocenters. The maximum absolute atomic E-state index is 12.7. The van der Waals surface area contributed by atoms with E-state index in [9.17, 15) is 21.6 Å². The van der Waals surface area contributed by atoms with Crippen molar-refractivity contribution in [3.8, 4) is 21.1 Å². The molecule has 1 aromatic carbocycles. The molecule has 0 aliphatic carbocycles. The third-order valence-corrected chi connectivity index (χ3v) is 5.79. The highest BCUT2D eigenvalue weighted by Gasteiger charge is 2.30. The molecular formula is C16H13F3N4O2S2. The minimum absolute atomic E-state index is 0.197. The molecule has 2 N–H and O–H groups in total. The van der Waals surface area contributed by atoms with Crippen LogP contribution in [0.1, 0.15) is 11.3 Å². The lowest BCUT2D eigenvalue weighted by Gasteiger charge is -2.06. The van der Waals surface area contributed by atoms with Crippen LogP contribution in [0.3, 0.4) is 0 Å². The Labute approximate surface area is 156 Å². The van der Waals surface area contributed by atoms with Crippen LogP contribution in [0.15, 0.2) is 35.4 Å². The molecule has 0 saturated heterocycles. The van der Waals surface area contributed by atoms with E-state index in [1.165, 1.54) is 29.5 Å². The maximum Gasteiger partial charge on any atom is 0.416 e. The third kappa shape index (κ3) is 4.08. The summed E-state index contributed by atoms with van der Waals surface area (Å²) in [6.07, 6.45) is -3.41. The molecule has 27 heavy (non-hydrogen) atoms. The molecule has 0 aliphatic heterocycles. The van der Waals surface area contributed by atoms with Crippen molar-refractivity contribution in [2.24, 2.45) is 0 Å². The summed E-state index contributed by atoms with van der Waals surface area (Å²) in [4.78, 5) is 12.7. The van der Waals surface area contributed by atoms with Gasteiger partial charge in [0, 0.05) is 17.9 Å². The zero-order valence-electron chi connectivity index (χ0n) is 14.1. The lowest BCUT2D eigenvalue weighted by atomic mass is 10.1. The Bertz CT molecular complexity index is 1110. The van der Waals surface area contributed by atoms with Gasteiger partial charge in [-0.3, -0.25) is 0 Å². The average molecular weight is 414 g/mol. The van der Waals surface area contributed by atoms with Crippen LogP contribution in [0.5, 0.6) is 0 Å². The Morgan fingerprint density at radius 2 is 1.70 bits per heavy atom. The number of benzene rings is 1. The van der Waals surface area contributed by atoms with Crippen LogP contribution in [-0.2, 0) is 16.0 Å². The number of anilines is 1. The predicted octanol–water partition coefficient (Wildman–Crippen LogP) is 3.58. The molecule has 0 bridgehead atoms. The van der Waals surface area contributed by atoms with Crippen LogP contribution >= 0.6 is 11.3 Å². The number of aryl methyl sites for hydroxylation is 1. The van der Waals surface area contributed by atoms with Crippen molar-refractivity contribution in [3.05, 3.63) is 41.6 Å². The second kappa shape index (κ2) is 6.57. The van der Waals surface area contributed by atoms with E-state index in [-0.39, 0.29) is 16.7 Å². The molecule has 2 aromatic heterocycles. The van der Waals surface area contributed by atoms with E-state index in [0.29, 0.717) is 21.1 Å². The first-order valence-electron chi connectivity index (χ1n) is 7.45. The number of sulfone groups is 1. The van der Waals surface area contributed by atoms with E-state index in [0.717, 1.165) is 18.4 Å². The SMILES string of the molecule is Cc1nc(-c2ccc(C(F)(F)F)cc2)sc1-c1cc(S(C)(=O)=O)nc(N)n1. The molecule has 3 aromatic rings. The molecule has 142 valence electrons. The topological polar surface area (TPSA) is 98.8 Å². The van der Waals surface area contributed by atoms with Gasteiger partial charge in [-0.25, -0.2) is 23.4 Å². The van der Waals surface area contributed by atoms with Gasteiger partial charge in [-0.2, -0.15) is 13.2 Å². The Morgan fingerprint density at radius 3 is 2.26 bits per heavy atom. The number of hydrogen-bond donors (Lipinski definition) is 1. The minimum Gasteiger partial charge on any atom is -0.368 e. The fourth-order valence-corrected chi connectivity index (χ4v) is 3.93. The molecule has 11 heteroatoms. The van der Waals surface area contributed by atoms with Gasteiger partial charge in [0.05, 0.1) is 21.8 Å². The standard InChI is InChI=1S/C16H13F3N4O2S2/c1-8-13(11-7-12(27(2,24)25)23-15(20)22-11)26-14(21-8)9-3-5-10(6-4-9)16(17,18)19/h3-7H,1-2H3,(H2,20,22,23). The second-order valence-corrected chi connectivity index (χ2v) is 8.69. The molecule has 0 radical (unpaired) electrons. The van der Waals surface area contributed by atoms with Gasteiger partial charge in [-0.15, -0.1) is 11.3 Å². The van der Waals surface area contributed by atoms with E-state index in [1.807, 2.05) is 0 Å². The highest BCUT2D eigenvalue weighted by Crippen LogP contribution is 2.36. The van der Waals surface area contributed by atoms with E-state index in [1.54, 1.807) is 6.92 Å². The molecule has 0 unspecified atom stereocenters. The van der Waals surface area contributed by atoms with Gasteiger partial charge in [0.1, 0.15) is 5.01 Å². The van der Waals surface area contributed by atoms with Crippen LogP contribution in [0.2, 0.25) is 0 Å². The zero-order valence-corrected chi connectivity index (χ0v) is 15.7. The van der Waals surface area contributed by atoms with E-state index >= 15 is 0 Å². The van der Waals surface area contributed by atoms with Crippen LogP contribution < -0.4 is 5.73 Å². The fraction of sp³-hybridized carbons (Fsp3) is 0.188. The molecule has 0 aliphatic rings. The van der Waals surface area contributed by atoms with E-state index in [4.69, 9.17) is 5.73 Å². The number of rotatable bonds is 3. The lowest BCUT2D eigenvalue weighted by molar-refractivity contribution is -0.137. The first-order valence-corrected chi connectivity index (χ1v) is 10.2. The molecular weight excluding hydrogens is 401 g/mol. The van der Waals surface area contributed by atoms with E-state index < -0.39 is 21.6 Å². The number of nitrogen functional groups attached to an aromatic ring is 1. The first-order chi connectivity index (χ1) is 12.4. The van der Waals surface area contributed by atoms with Crippen molar-refractivity contribution in [3.63, 3.8) is 0 Å². The van der Waals surface area contributed by atoms with E-state index in [2.05, 4.69) is 15.0 Å². The predicted molar refractivity (Wildman–Crippen MR) is 95.8 cm³/mol. The molecule has 3 rings (SSSR count). The van der Waals surface area contributed by atoms with Crippen molar-refractivity contribution < 1.29 is 21.6 Å². The van der Waals surface area contributed by atoms with Crippen molar-refractivity contribution >= 4 is 27.1 Å². The highest BCUT2D eigenvalue weighted by molar-refractivity contribution is 7.90. The molecule has 0 fully saturated rings. The maximum atomic E-state index is 12.7. The summed E-state index contributed by atoms with van der Waals surface area (Å²) in [6.45, 7) is 1.69. The summed E-state index contributed by atoms with van der Waals surface area (Å²) < 4.78 is 61.6. The number of aromatic nitrogens is 3. The first kappa shape index (κ1) is 19.2. The number of thiazole rings is 1. The van der Waals surface area contributed by atoms with Gasteiger partial charge in [0.2, 0.25) is 5.95 Å². The fourth-order valence-electron chi connectivity index (χ4n) is 2.31. The number of hydrogen-bond acceptors (Lipinski definition) is 7. The van der Waals surface area contributed by atoms with Gasteiger partial charge in [-0.05, 0) is 19.1 Å². The lowest BCUT2D eigenvalue weighted by Crippen LogP contribution is -2.05. The monoisotopic (exact) mass is 414 g/mol. The summed E-state index contributed by atoms with van der Waals surface area (Å²) in [5.41, 5.74) is 6.20. The quantitative estimate of drug-likeness (QED) is 0.658. The van der Waals surface area contributed by atoms with Gasteiger partial charge in [0.15, 0.2) is 14.9 Å². The van der Waals surface area contributed by atoms with Crippen molar-refractivity contribution in [1.29, 1.82) is 0 Å². The largest absolute Gasteiger partial charge is 0.416 e. The Kier molecular flexibility index (Phi) is 4.68. The molecule has 0 saturated carbocycles. The van der Waals surface area contributed by atoms with Gasteiger partial charge in [-0.1, -0.05) is 12.1 Å². The van der Waals surface area contributed by atoms with Crippen LogP contribution in [-0.4, -0.2) is 29.6 Å². The molecule has 6 nitrogen and oxygen atoms in total. The summed E-state index contributed by atoms with van der Waals surface area (Å²) in [5, 5.41) is 0.267. The Hall–Kier alpha value is -2.53. The second-order valence-electron chi connectivity index (χ2n) is 5.73. The molecule has 0 spiro atoms. The zero-order chi connectivity index (χ0) is 20.0. The van der Waals surface area contributed by atoms with Crippen molar-refractivity contribution in [1.82, 2.24) is 15.0 Å². The summed E-state index contributed by atoms with van der Waals surface area (Å²) in [7, 11) is -3.59. The Balaban J connectivity index is 2.04. The highest BCUT2D eigenvalue weighted by atomic mass is 32.2. The molecule has 0 amide bonds. The van der Waals surface area contributed by atoms with Gasteiger partial charge < -0.3 is 5.73 Å². The van der Waals surface area contributed by atoms with Crippen molar-refractivity contribution in [2.75, 3.05) is 12.0 Å². The Morgan fingerprint density at radius 1 is 1.07 bits per heavy atom. The molecule has 2 heterocycles. The van der Waals surface area contributed by atoms with Crippen LogP contribution in [0, 0.1) is 6.92 Å². The average Bonchev–Trinajstić information content (AvgIpc) is 2.95. The number of nitrogens with two attached hydrogens (primary N) is 1. The minimum atomic E-state index is -4.41. The summed E-state index contributed by atoms with van der Waals surface area (Å²) in [5.74, 6) is -0.197. The number of nitrogens with zero attached hydrogens (tertiary/aromatic N) is 3. The van der Waals surface area contributed by atoms with Crippen LogP contribution in [0.25, 0.3) is 21.1 Å². The number of halogens is 3. The van der Waals surface area contributed by atoms with Crippen molar-refractivity contribution in [2.45, 2.75) is 18.1 Å².